The second kappa shape index (κ2) is 5.67. The molecular weight excluding hydrogens is 228 g/mol. The molecule has 1 aromatic rings. The summed E-state index contributed by atoms with van der Waals surface area (Å²) in [7, 11) is 0. The number of H-pyrrole nitrogens is 1. The van der Waals surface area contributed by atoms with Crippen molar-refractivity contribution in [3.05, 3.63) is 45.9 Å². The van der Waals surface area contributed by atoms with Crippen molar-refractivity contribution in [2.24, 2.45) is 5.92 Å². The van der Waals surface area contributed by atoms with Gasteiger partial charge in [-0.15, -0.1) is 0 Å². The second-order valence-corrected chi connectivity index (χ2v) is 4.74. The molecule has 96 valence electrons. The Labute approximate surface area is 106 Å². The van der Waals surface area contributed by atoms with E-state index >= 15 is 0 Å². The first-order valence-electron chi connectivity index (χ1n) is 6.30. The molecule has 1 aromatic heterocycles. The molecule has 2 N–H and O–H groups in total. The maximum atomic E-state index is 11.9. The van der Waals surface area contributed by atoms with Crippen LogP contribution in [0.2, 0.25) is 0 Å². The molecule has 1 atom stereocenters. The zero-order chi connectivity index (χ0) is 13.0. The lowest BCUT2D eigenvalue weighted by Gasteiger charge is -2.17. The fourth-order valence-corrected chi connectivity index (χ4v) is 2.12. The zero-order valence-corrected chi connectivity index (χ0v) is 10.5. The van der Waals surface area contributed by atoms with Crippen molar-refractivity contribution in [3.63, 3.8) is 0 Å². The number of allylic oxidation sites excluding steroid dienone is 2. The normalized spacial score (nSPS) is 18.6. The Hall–Kier alpha value is -1.84. The van der Waals surface area contributed by atoms with Crippen LogP contribution in [0.1, 0.15) is 35.3 Å². The Morgan fingerprint density at radius 2 is 2.28 bits per heavy atom. The van der Waals surface area contributed by atoms with E-state index in [9.17, 15) is 9.59 Å². The van der Waals surface area contributed by atoms with Gasteiger partial charge in [0.25, 0.3) is 11.5 Å². The lowest BCUT2D eigenvalue weighted by Crippen LogP contribution is -2.33. The van der Waals surface area contributed by atoms with E-state index in [4.69, 9.17) is 0 Å². The minimum Gasteiger partial charge on any atom is -0.352 e. The maximum Gasteiger partial charge on any atom is 0.260 e. The Bertz CT molecular complexity index is 517. The van der Waals surface area contributed by atoms with Crippen molar-refractivity contribution in [2.75, 3.05) is 6.54 Å². The van der Waals surface area contributed by atoms with Crippen LogP contribution < -0.4 is 10.9 Å². The van der Waals surface area contributed by atoms with Gasteiger partial charge in [-0.1, -0.05) is 12.2 Å². The largest absolute Gasteiger partial charge is 0.352 e. The van der Waals surface area contributed by atoms with Gasteiger partial charge in [-0.25, -0.2) is 0 Å². The van der Waals surface area contributed by atoms with E-state index in [1.165, 1.54) is 0 Å². The average molecular weight is 246 g/mol. The smallest absolute Gasteiger partial charge is 0.260 e. The fraction of sp³-hybridized carbons (Fsp3) is 0.429. The number of hydrogen-bond acceptors (Lipinski definition) is 2. The highest BCUT2D eigenvalue weighted by Crippen LogP contribution is 2.16. The lowest BCUT2D eigenvalue weighted by atomic mass is 9.94. The molecule has 0 spiro atoms. The quantitative estimate of drug-likeness (QED) is 0.798. The van der Waals surface area contributed by atoms with Crippen LogP contribution in [-0.2, 0) is 0 Å². The molecule has 0 aromatic carbocycles. The molecule has 1 aliphatic rings. The predicted octanol–water partition coefficient (Wildman–Crippen LogP) is 1.77. The van der Waals surface area contributed by atoms with E-state index in [2.05, 4.69) is 22.5 Å². The van der Waals surface area contributed by atoms with Gasteiger partial charge in [0.2, 0.25) is 0 Å². The molecule has 1 unspecified atom stereocenters. The molecule has 4 heteroatoms. The van der Waals surface area contributed by atoms with Gasteiger partial charge in [0.05, 0.1) is 0 Å². The lowest BCUT2D eigenvalue weighted by molar-refractivity contribution is 0.0944. The summed E-state index contributed by atoms with van der Waals surface area (Å²) in [5.74, 6) is 0.203. The van der Waals surface area contributed by atoms with E-state index in [1.54, 1.807) is 19.1 Å². The Balaban J connectivity index is 1.95. The third kappa shape index (κ3) is 3.09. The molecule has 0 bridgehead atoms. The van der Waals surface area contributed by atoms with Crippen molar-refractivity contribution < 1.29 is 4.79 Å². The van der Waals surface area contributed by atoms with Gasteiger partial charge in [0.15, 0.2) is 0 Å². The Morgan fingerprint density at radius 1 is 1.44 bits per heavy atom. The van der Waals surface area contributed by atoms with Crippen LogP contribution >= 0.6 is 0 Å². The van der Waals surface area contributed by atoms with Gasteiger partial charge < -0.3 is 10.3 Å². The van der Waals surface area contributed by atoms with Crippen molar-refractivity contribution >= 4 is 5.91 Å². The summed E-state index contributed by atoms with van der Waals surface area (Å²) in [5, 5.41) is 2.84. The van der Waals surface area contributed by atoms with E-state index in [1.807, 2.05) is 0 Å². The zero-order valence-electron chi connectivity index (χ0n) is 10.5. The van der Waals surface area contributed by atoms with Gasteiger partial charge in [0.1, 0.15) is 5.56 Å². The minimum atomic E-state index is -0.323. The van der Waals surface area contributed by atoms with E-state index < -0.39 is 0 Å². The highest BCUT2D eigenvalue weighted by molar-refractivity contribution is 5.93. The van der Waals surface area contributed by atoms with Crippen LogP contribution in [0.25, 0.3) is 0 Å². The van der Waals surface area contributed by atoms with Crippen LogP contribution in [0, 0.1) is 12.8 Å². The van der Waals surface area contributed by atoms with Gasteiger partial charge >= 0.3 is 0 Å². The first-order chi connectivity index (χ1) is 8.66. The Kier molecular flexibility index (Phi) is 3.97. The van der Waals surface area contributed by atoms with Gasteiger partial charge in [-0.3, -0.25) is 9.59 Å². The number of carbonyl (C=O) groups is 1. The monoisotopic (exact) mass is 246 g/mol. The van der Waals surface area contributed by atoms with Crippen molar-refractivity contribution in [1.82, 2.24) is 10.3 Å². The van der Waals surface area contributed by atoms with Crippen LogP contribution in [0.4, 0.5) is 0 Å². The number of pyridine rings is 1. The van der Waals surface area contributed by atoms with Gasteiger partial charge in [0, 0.05) is 12.2 Å². The summed E-state index contributed by atoms with van der Waals surface area (Å²) in [6.07, 6.45) is 7.50. The topological polar surface area (TPSA) is 62.0 Å². The maximum absolute atomic E-state index is 11.9. The molecule has 2 rings (SSSR count). The molecule has 18 heavy (non-hydrogen) atoms. The number of aromatic nitrogens is 1. The number of hydrogen-bond donors (Lipinski definition) is 2. The Morgan fingerprint density at radius 3 is 2.94 bits per heavy atom. The van der Waals surface area contributed by atoms with Crippen molar-refractivity contribution in [2.45, 2.75) is 26.2 Å². The summed E-state index contributed by atoms with van der Waals surface area (Å²) in [4.78, 5) is 26.1. The summed E-state index contributed by atoms with van der Waals surface area (Å²) >= 11 is 0. The highest BCUT2D eigenvalue weighted by atomic mass is 16.2. The summed E-state index contributed by atoms with van der Waals surface area (Å²) in [6, 6.07) is 3.31. The molecule has 0 aliphatic heterocycles. The molecule has 4 nitrogen and oxygen atoms in total. The molecule has 1 aliphatic carbocycles. The van der Waals surface area contributed by atoms with Crippen LogP contribution in [0.3, 0.4) is 0 Å². The third-order valence-corrected chi connectivity index (χ3v) is 3.23. The summed E-state index contributed by atoms with van der Waals surface area (Å²) in [6.45, 7) is 2.42. The first-order valence-corrected chi connectivity index (χ1v) is 6.30. The summed E-state index contributed by atoms with van der Waals surface area (Å²) in [5.41, 5.74) is 0.622. The minimum absolute atomic E-state index is 0.187. The molecule has 1 heterocycles. The first kappa shape index (κ1) is 12.6. The van der Waals surface area contributed by atoms with Gasteiger partial charge in [-0.05, 0) is 44.2 Å². The van der Waals surface area contributed by atoms with Crippen LogP contribution in [0.15, 0.2) is 29.1 Å². The number of amides is 1. The number of carbonyl (C=O) groups excluding carboxylic acids is 1. The van der Waals surface area contributed by atoms with Crippen LogP contribution in [-0.4, -0.2) is 17.4 Å². The fourth-order valence-electron chi connectivity index (χ4n) is 2.12. The molecule has 0 radical (unpaired) electrons. The predicted molar refractivity (Wildman–Crippen MR) is 70.6 cm³/mol. The van der Waals surface area contributed by atoms with Gasteiger partial charge in [-0.2, -0.15) is 0 Å². The van der Waals surface area contributed by atoms with E-state index in [-0.39, 0.29) is 17.0 Å². The number of aryl methyl sites for hydroxylation is 1. The third-order valence-electron chi connectivity index (χ3n) is 3.23. The van der Waals surface area contributed by atoms with Crippen LogP contribution in [0.5, 0.6) is 0 Å². The number of rotatable bonds is 3. The number of nitrogens with one attached hydrogen (secondary N) is 2. The van der Waals surface area contributed by atoms with E-state index in [0.717, 1.165) is 25.0 Å². The molecule has 0 saturated heterocycles. The van der Waals surface area contributed by atoms with Crippen molar-refractivity contribution in [1.29, 1.82) is 0 Å². The number of aromatic amines is 1. The molecule has 0 fully saturated rings. The highest BCUT2D eigenvalue weighted by Gasteiger charge is 2.14. The SMILES string of the molecule is Cc1ccc(C(=O)NCC2CC=CCC2)c(=O)[nH]1. The van der Waals surface area contributed by atoms with Crippen molar-refractivity contribution in [3.8, 4) is 0 Å². The van der Waals surface area contributed by atoms with E-state index in [0.29, 0.717) is 12.5 Å². The molecule has 1 amide bonds. The molecule has 0 saturated carbocycles. The average Bonchev–Trinajstić information content (AvgIpc) is 2.37. The second-order valence-electron chi connectivity index (χ2n) is 4.74. The summed E-state index contributed by atoms with van der Waals surface area (Å²) < 4.78 is 0. The molecular formula is C14H18N2O2. The standard InChI is InChI=1S/C14H18N2O2/c1-10-7-8-12(14(18)16-10)13(17)15-9-11-5-3-2-4-6-11/h2-3,7-8,11H,4-6,9H2,1H3,(H,15,17)(H,16,18).